The van der Waals surface area contributed by atoms with Crippen molar-refractivity contribution in [2.75, 3.05) is 12.4 Å². The Labute approximate surface area is 140 Å². The topological polar surface area (TPSA) is 41.1 Å². The molecule has 0 fully saturated rings. The van der Waals surface area contributed by atoms with Crippen LogP contribution in [0.3, 0.4) is 0 Å². The maximum atomic E-state index is 13.1. The van der Waals surface area contributed by atoms with Crippen LogP contribution in [-0.4, -0.2) is 13.1 Å². The van der Waals surface area contributed by atoms with Crippen molar-refractivity contribution >= 4 is 34.9 Å². The van der Waals surface area contributed by atoms with Crippen molar-refractivity contribution in [3.63, 3.8) is 0 Å². The van der Waals surface area contributed by atoms with E-state index >= 15 is 0 Å². The first-order chi connectivity index (χ1) is 10.7. The zero-order valence-electron chi connectivity index (χ0n) is 11.8. The average Bonchev–Trinajstić information content (AvgIpc) is 2.45. The molecule has 0 aliphatic carbocycles. The number of alkyl halides is 3. The van der Waals surface area contributed by atoms with Gasteiger partial charge in [0.05, 0.1) is 15.6 Å². The summed E-state index contributed by atoms with van der Waals surface area (Å²) in [5, 5.41) is 4.80. The number of carbonyl (C=O) groups is 1. The van der Waals surface area contributed by atoms with Crippen LogP contribution in [0.4, 0.5) is 23.7 Å². The minimum absolute atomic E-state index is 0.000558. The summed E-state index contributed by atoms with van der Waals surface area (Å²) in [6.45, 7) is 0. The second-order valence-corrected chi connectivity index (χ2v) is 5.38. The van der Waals surface area contributed by atoms with Crippen LogP contribution in [0, 0.1) is 0 Å². The van der Waals surface area contributed by atoms with Crippen molar-refractivity contribution < 1.29 is 18.0 Å². The predicted octanol–water partition coefficient (Wildman–Crippen LogP) is 5.43. The van der Waals surface area contributed by atoms with E-state index in [1.807, 2.05) is 0 Å². The van der Waals surface area contributed by atoms with Gasteiger partial charge in [0.25, 0.3) is 0 Å². The van der Waals surface area contributed by atoms with Gasteiger partial charge in [-0.3, -0.25) is 0 Å². The Bertz CT molecular complexity index is 725. The summed E-state index contributed by atoms with van der Waals surface area (Å²) >= 11 is 12.2. The molecule has 2 amide bonds. The van der Waals surface area contributed by atoms with E-state index in [-0.39, 0.29) is 26.9 Å². The fourth-order valence-electron chi connectivity index (χ4n) is 2.04. The first kappa shape index (κ1) is 17.4. The van der Waals surface area contributed by atoms with Gasteiger partial charge >= 0.3 is 12.2 Å². The summed E-state index contributed by atoms with van der Waals surface area (Å²) in [7, 11) is 1.42. The molecule has 0 spiro atoms. The molecule has 122 valence electrons. The van der Waals surface area contributed by atoms with Crippen molar-refractivity contribution in [1.82, 2.24) is 5.32 Å². The van der Waals surface area contributed by atoms with Gasteiger partial charge in [0.2, 0.25) is 0 Å². The number of urea groups is 1. The molecular weight excluding hydrogens is 352 g/mol. The molecule has 0 aromatic heterocycles. The number of hydrogen-bond donors (Lipinski definition) is 2. The highest BCUT2D eigenvalue weighted by Gasteiger charge is 2.34. The number of carbonyl (C=O) groups excluding carboxylic acids is 1. The van der Waals surface area contributed by atoms with Gasteiger partial charge in [-0.25, -0.2) is 4.79 Å². The molecule has 23 heavy (non-hydrogen) atoms. The number of rotatable bonds is 2. The zero-order chi connectivity index (χ0) is 17.2. The summed E-state index contributed by atoms with van der Waals surface area (Å²) in [6.07, 6.45) is -4.54. The number of halogens is 5. The third-order valence-corrected chi connectivity index (χ3v) is 3.63. The summed E-state index contributed by atoms with van der Waals surface area (Å²) in [6, 6.07) is 7.18. The minimum atomic E-state index is -4.54. The zero-order valence-corrected chi connectivity index (χ0v) is 13.3. The van der Waals surface area contributed by atoms with Crippen LogP contribution >= 0.6 is 23.2 Å². The molecule has 2 aromatic rings. The van der Waals surface area contributed by atoms with Crippen LogP contribution in [-0.2, 0) is 6.18 Å². The van der Waals surface area contributed by atoms with E-state index in [2.05, 4.69) is 10.6 Å². The fourth-order valence-corrected chi connectivity index (χ4v) is 2.74. The number of anilines is 1. The maximum absolute atomic E-state index is 13.1. The Morgan fingerprint density at radius 2 is 1.65 bits per heavy atom. The number of benzene rings is 2. The summed E-state index contributed by atoms with van der Waals surface area (Å²) in [5.74, 6) is 0. The highest BCUT2D eigenvalue weighted by molar-refractivity contribution is 6.39. The Hall–Kier alpha value is -1.92. The molecule has 0 saturated heterocycles. The lowest BCUT2D eigenvalue weighted by atomic mass is 9.99. The molecule has 8 heteroatoms. The fraction of sp³-hybridized carbons (Fsp3) is 0.133. The predicted molar refractivity (Wildman–Crippen MR) is 85.0 cm³/mol. The van der Waals surface area contributed by atoms with E-state index in [9.17, 15) is 18.0 Å². The lowest BCUT2D eigenvalue weighted by Gasteiger charge is -2.16. The van der Waals surface area contributed by atoms with Gasteiger partial charge in [0.15, 0.2) is 0 Å². The molecule has 0 radical (unpaired) electrons. The molecule has 0 unspecified atom stereocenters. The van der Waals surface area contributed by atoms with E-state index < -0.39 is 17.8 Å². The molecule has 0 atom stereocenters. The standard InChI is InChI=1S/C15H11Cl2F3N2O/c1-21-14(23)22-8-6-11(16)13(12(17)7-8)9-4-2-3-5-10(9)15(18,19)20/h2-7H,1H3,(H2,21,22,23). The molecule has 2 N–H and O–H groups in total. The van der Waals surface area contributed by atoms with Gasteiger partial charge in [-0.2, -0.15) is 13.2 Å². The third-order valence-electron chi connectivity index (χ3n) is 3.03. The average molecular weight is 363 g/mol. The SMILES string of the molecule is CNC(=O)Nc1cc(Cl)c(-c2ccccc2C(F)(F)F)c(Cl)c1. The molecular formula is C15H11Cl2F3N2O. The lowest BCUT2D eigenvalue weighted by Crippen LogP contribution is -2.24. The largest absolute Gasteiger partial charge is 0.417 e. The summed E-state index contributed by atoms with van der Waals surface area (Å²) in [5.41, 5.74) is -0.631. The molecule has 0 heterocycles. The van der Waals surface area contributed by atoms with Gasteiger partial charge < -0.3 is 10.6 Å². The Morgan fingerprint density at radius 1 is 1.09 bits per heavy atom. The van der Waals surface area contributed by atoms with Gasteiger partial charge in [-0.1, -0.05) is 41.4 Å². The lowest BCUT2D eigenvalue weighted by molar-refractivity contribution is -0.137. The highest BCUT2D eigenvalue weighted by atomic mass is 35.5. The van der Waals surface area contributed by atoms with E-state index in [0.717, 1.165) is 6.07 Å². The molecule has 0 bridgehead atoms. The van der Waals surface area contributed by atoms with Crippen molar-refractivity contribution in [1.29, 1.82) is 0 Å². The number of hydrogen-bond acceptors (Lipinski definition) is 1. The van der Waals surface area contributed by atoms with Gasteiger partial charge in [0, 0.05) is 18.3 Å². The van der Waals surface area contributed by atoms with E-state index in [1.54, 1.807) is 0 Å². The second-order valence-electron chi connectivity index (χ2n) is 4.56. The van der Waals surface area contributed by atoms with Crippen molar-refractivity contribution in [3.05, 3.63) is 52.0 Å². The molecule has 2 aromatic carbocycles. The molecule has 0 aliphatic heterocycles. The van der Waals surface area contributed by atoms with Crippen molar-refractivity contribution in [2.45, 2.75) is 6.18 Å². The highest BCUT2D eigenvalue weighted by Crippen LogP contribution is 2.43. The summed E-state index contributed by atoms with van der Waals surface area (Å²) in [4.78, 5) is 11.3. The van der Waals surface area contributed by atoms with E-state index in [1.165, 1.54) is 37.4 Å². The first-order valence-electron chi connectivity index (χ1n) is 6.38. The van der Waals surface area contributed by atoms with E-state index in [4.69, 9.17) is 23.2 Å². The Morgan fingerprint density at radius 3 is 2.17 bits per heavy atom. The van der Waals surface area contributed by atoms with Crippen LogP contribution in [0.5, 0.6) is 0 Å². The maximum Gasteiger partial charge on any atom is 0.417 e. The normalized spacial score (nSPS) is 11.2. The van der Waals surface area contributed by atoms with Crippen LogP contribution in [0.25, 0.3) is 11.1 Å². The van der Waals surface area contributed by atoms with Crippen LogP contribution < -0.4 is 10.6 Å². The van der Waals surface area contributed by atoms with Gasteiger partial charge in [-0.15, -0.1) is 0 Å². The van der Waals surface area contributed by atoms with Crippen molar-refractivity contribution in [3.8, 4) is 11.1 Å². The minimum Gasteiger partial charge on any atom is -0.341 e. The summed E-state index contributed by atoms with van der Waals surface area (Å²) < 4.78 is 39.4. The van der Waals surface area contributed by atoms with Crippen LogP contribution in [0.15, 0.2) is 36.4 Å². The van der Waals surface area contributed by atoms with E-state index in [0.29, 0.717) is 0 Å². The molecule has 0 saturated carbocycles. The molecule has 2 rings (SSSR count). The Kier molecular flexibility index (Phi) is 5.06. The second kappa shape index (κ2) is 6.68. The van der Waals surface area contributed by atoms with Gasteiger partial charge in [-0.05, 0) is 23.8 Å². The van der Waals surface area contributed by atoms with Crippen molar-refractivity contribution in [2.24, 2.45) is 0 Å². The van der Waals surface area contributed by atoms with Crippen LogP contribution in [0.1, 0.15) is 5.56 Å². The third kappa shape index (κ3) is 3.89. The molecule has 0 aliphatic rings. The quantitative estimate of drug-likeness (QED) is 0.734. The number of nitrogens with one attached hydrogen (secondary N) is 2. The number of amides is 2. The monoisotopic (exact) mass is 362 g/mol. The molecule has 3 nitrogen and oxygen atoms in total. The smallest absolute Gasteiger partial charge is 0.341 e. The first-order valence-corrected chi connectivity index (χ1v) is 7.14. The van der Waals surface area contributed by atoms with Crippen LogP contribution in [0.2, 0.25) is 10.0 Å². The Balaban J connectivity index is 2.56. The van der Waals surface area contributed by atoms with Gasteiger partial charge in [0.1, 0.15) is 0 Å².